The summed E-state index contributed by atoms with van der Waals surface area (Å²) in [6, 6.07) is 7.83. The normalized spacial score (nSPS) is 16.1. The van der Waals surface area contributed by atoms with E-state index in [1.807, 2.05) is 35.5 Å². The Bertz CT molecular complexity index is 1230. The van der Waals surface area contributed by atoms with Gasteiger partial charge in [0.05, 0.1) is 5.56 Å². The van der Waals surface area contributed by atoms with Gasteiger partial charge in [0.1, 0.15) is 0 Å². The van der Waals surface area contributed by atoms with Crippen LogP contribution in [0.15, 0.2) is 49.1 Å². The van der Waals surface area contributed by atoms with Gasteiger partial charge in [-0.25, -0.2) is 14.4 Å². The van der Waals surface area contributed by atoms with E-state index in [1.54, 1.807) is 12.4 Å². The lowest BCUT2D eigenvalue weighted by Crippen LogP contribution is -2.44. The number of rotatable bonds is 3. The highest BCUT2D eigenvalue weighted by atomic mass is 19.4. The van der Waals surface area contributed by atoms with Crippen LogP contribution in [0.2, 0.25) is 0 Å². The minimum absolute atomic E-state index is 0.119. The molecule has 2 aliphatic heterocycles. The molecule has 1 amide bonds. The molecule has 0 aliphatic carbocycles. The van der Waals surface area contributed by atoms with Crippen molar-refractivity contribution in [3.8, 4) is 0 Å². The van der Waals surface area contributed by atoms with Crippen LogP contribution in [0.5, 0.6) is 0 Å². The predicted molar refractivity (Wildman–Crippen MR) is 137 cm³/mol. The molecule has 0 bridgehead atoms. The van der Waals surface area contributed by atoms with Crippen molar-refractivity contribution in [3.05, 3.63) is 60.2 Å². The fourth-order valence-corrected chi connectivity index (χ4v) is 4.18. The number of halogens is 9. The molecule has 2 aromatic heterocycles. The van der Waals surface area contributed by atoms with E-state index in [1.165, 1.54) is 12.0 Å². The first-order chi connectivity index (χ1) is 21.1. The number of aromatic nitrogens is 2. The number of aliphatic carboxylic acids is 3. The van der Waals surface area contributed by atoms with Crippen molar-refractivity contribution >= 4 is 23.8 Å². The minimum atomic E-state index is -5.08. The van der Waals surface area contributed by atoms with E-state index in [0.29, 0.717) is 11.0 Å². The van der Waals surface area contributed by atoms with Crippen LogP contribution in [-0.4, -0.2) is 104 Å². The standard InChI is InChI=1S/C20H24N4O.3C2HF3O2/c25-19(18-4-2-9-22-14-18)24-11-6-20(7-12-24)5-10-23(16-20)15-17-3-1-8-21-13-17;3*3-2(4,5)1(6)7/h1-4,8-9,13-14H,5-7,10-12,15-16H2;3*(H,6,7). The third-order valence-electron chi connectivity index (χ3n) is 6.39. The molecule has 0 radical (unpaired) electrons. The van der Waals surface area contributed by atoms with Gasteiger partial charge in [-0.2, -0.15) is 39.5 Å². The van der Waals surface area contributed by atoms with Crippen molar-refractivity contribution in [1.29, 1.82) is 0 Å². The fourth-order valence-electron chi connectivity index (χ4n) is 4.18. The average Bonchev–Trinajstić information content (AvgIpc) is 3.35. The monoisotopic (exact) mass is 678 g/mol. The van der Waals surface area contributed by atoms with Gasteiger partial charge in [0.15, 0.2) is 0 Å². The Kier molecular flexibility index (Phi) is 14.4. The number of piperidine rings is 1. The smallest absolute Gasteiger partial charge is 0.475 e. The molecule has 3 N–H and O–H groups in total. The zero-order chi connectivity index (χ0) is 35.3. The van der Waals surface area contributed by atoms with Crippen molar-refractivity contribution in [2.45, 2.75) is 44.3 Å². The van der Waals surface area contributed by atoms with Gasteiger partial charge in [0, 0.05) is 51.0 Å². The van der Waals surface area contributed by atoms with Crippen LogP contribution < -0.4 is 0 Å². The van der Waals surface area contributed by atoms with E-state index in [4.69, 9.17) is 29.7 Å². The van der Waals surface area contributed by atoms with Crippen LogP contribution in [0.25, 0.3) is 0 Å². The second-order valence-electron chi connectivity index (χ2n) is 9.76. The molecule has 20 heteroatoms. The van der Waals surface area contributed by atoms with Gasteiger partial charge in [-0.3, -0.25) is 19.7 Å². The number of pyridine rings is 2. The van der Waals surface area contributed by atoms with Gasteiger partial charge in [-0.15, -0.1) is 0 Å². The second kappa shape index (κ2) is 16.7. The molecule has 11 nitrogen and oxygen atoms in total. The summed E-state index contributed by atoms with van der Waals surface area (Å²) in [4.78, 5) is 52.1. The quantitative estimate of drug-likeness (QED) is 0.394. The van der Waals surface area contributed by atoms with Crippen molar-refractivity contribution in [1.82, 2.24) is 19.8 Å². The third-order valence-corrected chi connectivity index (χ3v) is 6.39. The molecule has 0 atom stereocenters. The first-order valence-corrected chi connectivity index (χ1v) is 12.8. The van der Waals surface area contributed by atoms with Gasteiger partial charge < -0.3 is 20.2 Å². The average molecular weight is 679 g/mol. The van der Waals surface area contributed by atoms with Crippen molar-refractivity contribution in [2.75, 3.05) is 26.2 Å². The maximum absolute atomic E-state index is 12.6. The van der Waals surface area contributed by atoms with Crippen LogP contribution in [0.4, 0.5) is 39.5 Å². The van der Waals surface area contributed by atoms with Gasteiger partial charge in [0.2, 0.25) is 0 Å². The highest BCUT2D eigenvalue weighted by Gasteiger charge is 2.42. The zero-order valence-corrected chi connectivity index (χ0v) is 23.4. The number of carbonyl (C=O) groups excluding carboxylic acids is 1. The highest BCUT2D eigenvalue weighted by molar-refractivity contribution is 5.93. The van der Waals surface area contributed by atoms with E-state index >= 15 is 0 Å². The Morgan fingerprint density at radius 2 is 1.11 bits per heavy atom. The number of alkyl halides is 9. The molecule has 4 rings (SSSR count). The van der Waals surface area contributed by atoms with E-state index < -0.39 is 36.4 Å². The molecule has 2 aromatic rings. The van der Waals surface area contributed by atoms with E-state index in [9.17, 15) is 44.3 Å². The van der Waals surface area contributed by atoms with Crippen molar-refractivity contribution in [3.63, 3.8) is 0 Å². The van der Waals surface area contributed by atoms with Crippen LogP contribution >= 0.6 is 0 Å². The van der Waals surface area contributed by atoms with Crippen molar-refractivity contribution in [2.24, 2.45) is 5.41 Å². The number of carbonyl (C=O) groups is 4. The van der Waals surface area contributed by atoms with Crippen LogP contribution in [0, 0.1) is 5.41 Å². The van der Waals surface area contributed by atoms with E-state index in [2.05, 4.69) is 20.9 Å². The summed E-state index contributed by atoms with van der Waals surface area (Å²) < 4.78 is 95.2. The Balaban J connectivity index is 0.000000413. The number of nitrogens with zero attached hydrogens (tertiary/aromatic N) is 4. The molecule has 1 spiro atoms. The SMILES string of the molecule is O=C(O)C(F)(F)F.O=C(O)C(F)(F)F.O=C(O)C(F)(F)F.O=C(c1cccnc1)N1CCC2(CCN(Cc3cccnc3)C2)CC1. The first kappa shape index (κ1) is 39.5. The van der Waals surface area contributed by atoms with Crippen LogP contribution in [0.3, 0.4) is 0 Å². The number of amides is 1. The summed E-state index contributed by atoms with van der Waals surface area (Å²) in [7, 11) is 0. The van der Waals surface area contributed by atoms with Gasteiger partial charge in [-0.05, 0) is 55.0 Å². The second-order valence-corrected chi connectivity index (χ2v) is 9.76. The van der Waals surface area contributed by atoms with Gasteiger partial charge in [0.25, 0.3) is 5.91 Å². The van der Waals surface area contributed by atoms with Crippen LogP contribution in [-0.2, 0) is 20.9 Å². The lowest BCUT2D eigenvalue weighted by atomic mass is 9.77. The summed E-state index contributed by atoms with van der Waals surface area (Å²) in [6.07, 6.45) is -4.66. The molecule has 256 valence electrons. The molecular weight excluding hydrogens is 651 g/mol. The Hall–Kier alpha value is -4.49. The maximum atomic E-state index is 12.6. The molecular formula is C26H27F9N4O7. The molecule has 0 aromatic carbocycles. The number of carboxylic acid groups (broad SMARTS) is 3. The van der Waals surface area contributed by atoms with Gasteiger partial charge >= 0.3 is 36.4 Å². The minimum Gasteiger partial charge on any atom is -0.475 e. The molecule has 0 saturated carbocycles. The largest absolute Gasteiger partial charge is 0.490 e. The predicted octanol–water partition coefficient (Wildman–Crippen LogP) is 4.50. The number of carboxylic acids is 3. The zero-order valence-electron chi connectivity index (χ0n) is 23.4. The maximum Gasteiger partial charge on any atom is 0.490 e. The Labute approximate surface area is 254 Å². The molecule has 4 heterocycles. The summed E-state index contributed by atoms with van der Waals surface area (Å²) in [5.41, 5.74) is 2.36. The number of hydrogen-bond donors (Lipinski definition) is 3. The number of hydrogen-bond acceptors (Lipinski definition) is 7. The lowest BCUT2D eigenvalue weighted by molar-refractivity contribution is -0.193. The van der Waals surface area contributed by atoms with E-state index in [0.717, 1.165) is 45.6 Å². The topological polar surface area (TPSA) is 161 Å². The summed E-state index contributed by atoms with van der Waals surface area (Å²) in [5.74, 6) is -8.15. The third kappa shape index (κ3) is 14.1. The van der Waals surface area contributed by atoms with E-state index in [-0.39, 0.29) is 5.91 Å². The highest BCUT2D eigenvalue weighted by Crippen LogP contribution is 2.41. The first-order valence-electron chi connectivity index (χ1n) is 12.8. The summed E-state index contributed by atoms with van der Waals surface area (Å²) >= 11 is 0. The Morgan fingerprint density at radius 3 is 1.48 bits per heavy atom. The summed E-state index contributed by atoms with van der Waals surface area (Å²) in [5, 5.41) is 21.4. The molecule has 46 heavy (non-hydrogen) atoms. The van der Waals surface area contributed by atoms with Crippen molar-refractivity contribution < 1.29 is 74.0 Å². The molecule has 2 saturated heterocycles. The van der Waals surface area contributed by atoms with Gasteiger partial charge in [-0.1, -0.05) is 6.07 Å². The lowest BCUT2D eigenvalue weighted by Gasteiger charge is -2.39. The molecule has 2 aliphatic rings. The fraction of sp³-hybridized carbons (Fsp3) is 0.462. The molecule has 0 unspecified atom stereocenters. The molecule has 2 fully saturated rings. The summed E-state index contributed by atoms with van der Waals surface area (Å²) in [6.45, 7) is 4.97. The van der Waals surface area contributed by atoms with Crippen LogP contribution in [0.1, 0.15) is 35.2 Å². The Morgan fingerprint density at radius 1 is 0.696 bits per heavy atom. The number of likely N-dealkylation sites (tertiary alicyclic amines) is 2.